The fraction of sp³-hybridized carbons (Fsp3) is 0.811. The average Bonchev–Trinajstić information content (AvgIpc) is 3.33. The van der Waals surface area contributed by atoms with Gasteiger partial charge in [0.25, 0.3) is 0 Å². The molecule has 0 amide bonds. The molecule has 4 unspecified atom stereocenters. The standard InChI is InChI=1S/C53H92O15/c1-3-5-7-9-11-13-15-17-19-20-22-23-25-27-29-31-33-35-44(55)63-38-41(66-45(56)36-34-32-30-28-26-24-21-18-16-14-12-10-8-6-4-2)39-64-52-51(62)49(60)47(58)43(68-52)40-65-53-50(61)48(59)46(57)42(37-54)67-53/h4,17,19,22-23,27,29,41-43,46-54,57-62H,2-3,5-16,18,20-21,24-26,28,30-40H2,1H3/b19-17+,23-22+,29-27+/t41-,42+,43+,46-,47-,48?,49?,50?,51?,52+,53+/m0/s1. The Hall–Kier alpha value is -2.54. The van der Waals surface area contributed by atoms with E-state index in [4.69, 9.17) is 28.4 Å². The van der Waals surface area contributed by atoms with Gasteiger partial charge in [0.2, 0.25) is 0 Å². The molecule has 394 valence electrons. The number of aliphatic hydroxyl groups is 7. The third kappa shape index (κ3) is 27.7. The van der Waals surface area contributed by atoms with E-state index in [9.17, 15) is 45.3 Å². The summed E-state index contributed by atoms with van der Waals surface area (Å²) < 4.78 is 33.5. The minimum absolute atomic E-state index is 0.145. The molecule has 7 N–H and O–H groups in total. The third-order valence-electron chi connectivity index (χ3n) is 12.4. The molecule has 15 heteroatoms. The summed E-state index contributed by atoms with van der Waals surface area (Å²) in [5.74, 6) is -0.988. The van der Waals surface area contributed by atoms with Gasteiger partial charge in [0.1, 0.15) is 55.4 Å². The monoisotopic (exact) mass is 969 g/mol. The van der Waals surface area contributed by atoms with Gasteiger partial charge in [0, 0.05) is 12.8 Å². The quantitative estimate of drug-likeness (QED) is 0.0179. The van der Waals surface area contributed by atoms with E-state index in [2.05, 4.69) is 43.9 Å². The van der Waals surface area contributed by atoms with Crippen molar-refractivity contribution in [3.8, 4) is 0 Å². The Morgan fingerprint density at radius 1 is 0.515 bits per heavy atom. The SMILES string of the molecule is C=CCCCCCCCCCCCCCCCC(=O)O[C@@H](COC(=O)CCC/C=C/C/C=C/C/C=C/CCCCCCCC)CO[C@@H]1O[C@H](CO[C@@H]2O[C@H](CO)[C@H](O)C(O)C2O)[C@H](O)C(O)C1O. The van der Waals surface area contributed by atoms with Gasteiger partial charge in [0.05, 0.1) is 19.8 Å². The van der Waals surface area contributed by atoms with Crippen molar-refractivity contribution < 1.29 is 73.8 Å². The van der Waals surface area contributed by atoms with Crippen LogP contribution in [0.2, 0.25) is 0 Å². The van der Waals surface area contributed by atoms with Gasteiger partial charge in [-0.15, -0.1) is 6.58 Å². The number of ether oxygens (including phenoxy) is 6. The number of aliphatic hydroxyl groups excluding tert-OH is 7. The summed E-state index contributed by atoms with van der Waals surface area (Å²) in [6, 6.07) is 0. The first-order valence-electron chi connectivity index (χ1n) is 26.2. The Balaban J connectivity index is 1.82. The van der Waals surface area contributed by atoms with Crippen LogP contribution in [0.15, 0.2) is 49.1 Å². The van der Waals surface area contributed by atoms with E-state index in [-0.39, 0.29) is 19.4 Å². The molecule has 0 aromatic heterocycles. The van der Waals surface area contributed by atoms with E-state index in [0.717, 1.165) is 44.9 Å². The van der Waals surface area contributed by atoms with Crippen LogP contribution in [0.4, 0.5) is 0 Å². The number of carbonyl (C=O) groups is 2. The second-order valence-corrected chi connectivity index (χ2v) is 18.4. The number of hydrogen-bond acceptors (Lipinski definition) is 15. The normalized spacial score (nSPS) is 25.9. The predicted octanol–water partition coefficient (Wildman–Crippen LogP) is 7.49. The van der Waals surface area contributed by atoms with E-state index < -0.39 is 99.3 Å². The number of carbonyl (C=O) groups excluding carboxylic acids is 2. The summed E-state index contributed by atoms with van der Waals surface area (Å²) in [5.41, 5.74) is 0. The number of hydrogen-bond donors (Lipinski definition) is 7. The van der Waals surface area contributed by atoms with Gasteiger partial charge in [-0.2, -0.15) is 0 Å². The molecule has 0 saturated carbocycles. The highest BCUT2D eigenvalue weighted by molar-refractivity contribution is 5.70. The van der Waals surface area contributed by atoms with Gasteiger partial charge in [-0.1, -0.05) is 152 Å². The first kappa shape index (κ1) is 61.6. The summed E-state index contributed by atoms with van der Waals surface area (Å²) in [7, 11) is 0. The Kier molecular flexibility index (Phi) is 36.3. The van der Waals surface area contributed by atoms with Crippen molar-refractivity contribution in [2.24, 2.45) is 0 Å². The first-order valence-corrected chi connectivity index (χ1v) is 26.2. The van der Waals surface area contributed by atoms with Crippen molar-refractivity contribution in [1.29, 1.82) is 0 Å². The zero-order valence-electron chi connectivity index (χ0n) is 41.4. The molecule has 2 fully saturated rings. The highest BCUT2D eigenvalue weighted by Gasteiger charge is 2.47. The largest absolute Gasteiger partial charge is 0.462 e. The first-order chi connectivity index (χ1) is 33.0. The summed E-state index contributed by atoms with van der Waals surface area (Å²) in [4.78, 5) is 25.7. The lowest BCUT2D eigenvalue weighted by molar-refractivity contribution is -0.332. The van der Waals surface area contributed by atoms with Crippen molar-refractivity contribution in [3.05, 3.63) is 49.1 Å². The maximum Gasteiger partial charge on any atom is 0.306 e. The Morgan fingerprint density at radius 2 is 0.971 bits per heavy atom. The van der Waals surface area contributed by atoms with Crippen molar-refractivity contribution in [2.75, 3.05) is 26.4 Å². The summed E-state index contributed by atoms with van der Waals surface area (Å²) in [6.07, 6.45) is 26.1. The van der Waals surface area contributed by atoms with Crippen LogP contribution >= 0.6 is 0 Å². The maximum atomic E-state index is 13.0. The van der Waals surface area contributed by atoms with E-state index in [1.807, 2.05) is 12.2 Å². The van der Waals surface area contributed by atoms with Gasteiger partial charge in [0.15, 0.2) is 18.7 Å². The maximum absolute atomic E-state index is 13.0. The van der Waals surface area contributed by atoms with Gasteiger partial charge in [-0.25, -0.2) is 0 Å². The van der Waals surface area contributed by atoms with E-state index >= 15 is 0 Å². The molecule has 0 aromatic carbocycles. The number of unbranched alkanes of at least 4 members (excludes halogenated alkanes) is 20. The topological polar surface area (TPSA) is 231 Å². The molecule has 11 atom stereocenters. The minimum Gasteiger partial charge on any atom is -0.462 e. The number of rotatable bonds is 41. The van der Waals surface area contributed by atoms with E-state index in [0.29, 0.717) is 19.3 Å². The van der Waals surface area contributed by atoms with Crippen LogP contribution in [-0.4, -0.2) is 142 Å². The molecule has 0 spiro atoms. The van der Waals surface area contributed by atoms with Gasteiger partial charge in [-0.3, -0.25) is 9.59 Å². The lowest BCUT2D eigenvalue weighted by Crippen LogP contribution is -2.61. The smallest absolute Gasteiger partial charge is 0.306 e. The van der Waals surface area contributed by atoms with Crippen molar-refractivity contribution in [1.82, 2.24) is 0 Å². The van der Waals surface area contributed by atoms with Crippen LogP contribution in [-0.2, 0) is 38.0 Å². The molecule has 15 nitrogen and oxygen atoms in total. The number of esters is 2. The highest BCUT2D eigenvalue weighted by atomic mass is 16.7. The molecule has 0 radical (unpaired) electrons. The van der Waals surface area contributed by atoms with Crippen LogP contribution in [0.3, 0.4) is 0 Å². The molecule has 2 rings (SSSR count). The minimum atomic E-state index is -1.77. The molecule has 68 heavy (non-hydrogen) atoms. The molecule has 0 aliphatic carbocycles. The second kappa shape index (κ2) is 40.1. The van der Waals surface area contributed by atoms with E-state index in [1.165, 1.54) is 96.3 Å². The van der Waals surface area contributed by atoms with Gasteiger partial charge < -0.3 is 64.2 Å². The molecular formula is C53H92O15. The molecule has 2 aliphatic rings. The summed E-state index contributed by atoms with van der Waals surface area (Å²) in [5, 5.41) is 72.1. The van der Waals surface area contributed by atoms with Crippen LogP contribution in [0.1, 0.15) is 180 Å². The molecule has 2 saturated heterocycles. The lowest BCUT2D eigenvalue weighted by Gasteiger charge is -2.42. The van der Waals surface area contributed by atoms with E-state index in [1.54, 1.807) is 0 Å². The zero-order valence-corrected chi connectivity index (χ0v) is 41.4. The fourth-order valence-corrected chi connectivity index (χ4v) is 8.10. The molecule has 0 aromatic rings. The molecular weight excluding hydrogens is 877 g/mol. The van der Waals surface area contributed by atoms with Crippen molar-refractivity contribution in [2.45, 2.75) is 248 Å². The third-order valence-corrected chi connectivity index (χ3v) is 12.4. The van der Waals surface area contributed by atoms with Crippen molar-refractivity contribution in [3.63, 3.8) is 0 Å². The lowest BCUT2D eigenvalue weighted by atomic mass is 9.98. The van der Waals surface area contributed by atoms with Crippen LogP contribution in [0, 0.1) is 0 Å². The zero-order chi connectivity index (χ0) is 49.6. The summed E-state index contributed by atoms with van der Waals surface area (Å²) in [6.45, 7) is 4.07. The molecule has 2 heterocycles. The summed E-state index contributed by atoms with van der Waals surface area (Å²) >= 11 is 0. The van der Waals surface area contributed by atoms with Crippen molar-refractivity contribution >= 4 is 11.9 Å². The highest BCUT2D eigenvalue weighted by Crippen LogP contribution is 2.26. The fourth-order valence-electron chi connectivity index (χ4n) is 8.10. The molecule has 0 bridgehead atoms. The van der Waals surface area contributed by atoms with Gasteiger partial charge in [-0.05, 0) is 57.8 Å². The average molecular weight is 969 g/mol. The Labute approximate surface area is 408 Å². The van der Waals surface area contributed by atoms with Gasteiger partial charge >= 0.3 is 11.9 Å². The van der Waals surface area contributed by atoms with Crippen LogP contribution < -0.4 is 0 Å². The Bertz CT molecular complexity index is 1360. The molecule has 2 aliphatic heterocycles. The Morgan fingerprint density at radius 3 is 1.53 bits per heavy atom. The van der Waals surface area contributed by atoms with Crippen LogP contribution in [0.25, 0.3) is 0 Å². The predicted molar refractivity (Wildman–Crippen MR) is 261 cm³/mol. The van der Waals surface area contributed by atoms with Crippen LogP contribution in [0.5, 0.6) is 0 Å². The number of allylic oxidation sites excluding steroid dienone is 7. The second-order valence-electron chi connectivity index (χ2n) is 18.4.